The highest BCUT2D eigenvalue weighted by Gasteiger charge is 2.35. The van der Waals surface area contributed by atoms with Gasteiger partial charge < -0.3 is 25.8 Å². The molecule has 0 fully saturated rings. The lowest BCUT2D eigenvalue weighted by molar-refractivity contribution is -0.114. The molecule has 41 heavy (non-hydrogen) atoms. The number of para-hydroxylation sites is 2. The van der Waals surface area contributed by atoms with Crippen LogP contribution in [0.4, 0.5) is 10.8 Å². The summed E-state index contributed by atoms with van der Waals surface area (Å²) in [5, 5.41) is 30.4. The van der Waals surface area contributed by atoms with Crippen LogP contribution in [-0.2, 0) is 9.59 Å². The largest absolute Gasteiger partial charge is 0.504 e. The number of carbonyl (C=O) groups is 2. The zero-order chi connectivity index (χ0) is 28.9. The molecule has 11 heteroatoms. The first-order chi connectivity index (χ1) is 19.9. The van der Waals surface area contributed by atoms with Crippen molar-refractivity contribution < 1.29 is 19.4 Å². The van der Waals surface area contributed by atoms with Crippen LogP contribution in [0.25, 0.3) is 10.2 Å². The first-order valence-electron chi connectivity index (χ1n) is 12.5. The predicted molar refractivity (Wildman–Crippen MR) is 162 cm³/mol. The van der Waals surface area contributed by atoms with Crippen molar-refractivity contribution >= 4 is 55.9 Å². The van der Waals surface area contributed by atoms with E-state index in [0.29, 0.717) is 32.7 Å². The monoisotopic (exact) mass is 583 g/mol. The number of fused-ring (bicyclic) bond motifs is 1. The van der Waals surface area contributed by atoms with Crippen LogP contribution in [0.2, 0.25) is 0 Å². The topological polar surface area (TPSA) is 136 Å². The Morgan fingerprint density at radius 3 is 2.61 bits per heavy atom. The number of nitrogens with one attached hydrogen (secondary N) is 3. The van der Waals surface area contributed by atoms with Gasteiger partial charge in [-0.25, -0.2) is 4.98 Å². The van der Waals surface area contributed by atoms with Gasteiger partial charge in [0, 0.05) is 17.0 Å². The minimum Gasteiger partial charge on any atom is -0.504 e. The molecular formula is C30H25N5O4S2. The van der Waals surface area contributed by atoms with Gasteiger partial charge in [-0.3, -0.25) is 9.59 Å². The zero-order valence-corrected chi connectivity index (χ0v) is 23.7. The number of aromatic hydroxyl groups is 1. The van der Waals surface area contributed by atoms with E-state index >= 15 is 0 Å². The van der Waals surface area contributed by atoms with E-state index < -0.39 is 5.92 Å². The van der Waals surface area contributed by atoms with Gasteiger partial charge in [0.05, 0.1) is 45.7 Å². The maximum atomic E-state index is 13.6. The number of anilines is 2. The Bertz CT molecular complexity index is 1710. The van der Waals surface area contributed by atoms with Crippen LogP contribution >= 0.6 is 23.1 Å². The number of rotatable bonds is 8. The van der Waals surface area contributed by atoms with Crippen molar-refractivity contribution in [3.8, 4) is 17.6 Å². The highest BCUT2D eigenvalue weighted by Crippen LogP contribution is 2.43. The molecular weight excluding hydrogens is 558 g/mol. The fourth-order valence-electron chi connectivity index (χ4n) is 4.47. The molecule has 4 aromatic rings. The van der Waals surface area contributed by atoms with Gasteiger partial charge in [0.25, 0.3) is 5.91 Å². The van der Waals surface area contributed by atoms with Gasteiger partial charge in [0.2, 0.25) is 5.91 Å². The molecule has 0 saturated carbocycles. The maximum Gasteiger partial charge on any atom is 0.254 e. The number of hydrogen-bond donors (Lipinski definition) is 4. The number of thioether (sulfide) groups is 1. The van der Waals surface area contributed by atoms with Crippen LogP contribution in [0.3, 0.4) is 0 Å². The van der Waals surface area contributed by atoms with Gasteiger partial charge in [-0.15, -0.1) is 0 Å². The summed E-state index contributed by atoms with van der Waals surface area (Å²) in [6.07, 6.45) is 0. The molecule has 0 radical (unpaired) electrons. The molecule has 0 saturated heterocycles. The molecule has 2 heterocycles. The number of amides is 2. The van der Waals surface area contributed by atoms with E-state index in [1.807, 2.05) is 42.5 Å². The molecule has 1 aromatic heterocycles. The van der Waals surface area contributed by atoms with Gasteiger partial charge >= 0.3 is 0 Å². The summed E-state index contributed by atoms with van der Waals surface area (Å²) in [7, 11) is 1.43. The van der Waals surface area contributed by atoms with E-state index in [2.05, 4.69) is 27.0 Å². The van der Waals surface area contributed by atoms with Crippen molar-refractivity contribution in [3.05, 3.63) is 100 Å². The molecule has 9 nitrogen and oxygen atoms in total. The van der Waals surface area contributed by atoms with Crippen LogP contribution in [0, 0.1) is 11.3 Å². The average molecular weight is 584 g/mol. The van der Waals surface area contributed by atoms with Crippen molar-refractivity contribution in [1.29, 1.82) is 5.26 Å². The van der Waals surface area contributed by atoms with Crippen molar-refractivity contribution in [2.24, 2.45) is 0 Å². The fourth-order valence-corrected chi connectivity index (χ4v) is 6.25. The quantitative estimate of drug-likeness (QED) is 0.207. The summed E-state index contributed by atoms with van der Waals surface area (Å²) in [5.74, 6) is -1.29. The number of allylic oxidation sites excluding steroid dienone is 2. The van der Waals surface area contributed by atoms with E-state index in [4.69, 9.17) is 4.74 Å². The van der Waals surface area contributed by atoms with E-state index in [1.54, 1.807) is 31.2 Å². The van der Waals surface area contributed by atoms with E-state index in [1.165, 1.54) is 24.5 Å². The highest BCUT2D eigenvalue weighted by atomic mass is 32.2. The lowest BCUT2D eigenvalue weighted by Gasteiger charge is -2.30. The zero-order valence-electron chi connectivity index (χ0n) is 22.1. The highest BCUT2D eigenvalue weighted by molar-refractivity contribution is 8.03. The van der Waals surface area contributed by atoms with Gasteiger partial charge in [-0.05, 0) is 48.9 Å². The normalized spacial score (nSPS) is 14.8. The minimum atomic E-state index is -0.783. The third-order valence-corrected chi connectivity index (χ3v) is 8.32. The Morgan fingerprint density at radius 1 is 1.12 bits per heavy atom. The van der Waals surface area contributed by atoms with Gasteiger partial charge in [-0.2, -0.15) is 5.26 Å². The molecule has 2 amide bonds. The second-order valence-corrected chi connectivity index (χ2v) is 11.0. The third-order valence-electron chi connectivity index (χ3n) is 6.35. The number of hydrogen-bond acceptors (Lipinski definition) is 9. The molecule has 3 aromatic carbocycles. The van der Waals surface area contributed by atoms with Crippen LogP contribution in [0.1, 0.15) is 18.4 Å². The first-order valence-corrected chi connectivity index (χ1v) is 14.3. The van der Waals surface area contributed by atoms with E-state index in [9.17, 15) is 20.0 Å². The molecule has 0 unspecified atom stereocenters. The Hall–Kier alpha value is -4.79. The average Bonchev–Trinajstić information content (AvgIpc) is 3.38. The second kappa shape index (κ2) is 12.2. The number of phenolic OH excluding ortho intramolecular Hbond substituents is 1. The van der Waals surface area contributed by atoms with E-state index in [0.717, 1.165) is 22.0 Å². The van der Waals surface area contributed by atoms with E-state index in [-0.39, 0.29) is 34.6 Å². The van der Waals surface area contributed by atoms with Crippen LogP contribution in [0.5, 0.6) is 11.5 Å². The number of benzene rings is 3. The summed E-state index contributed by atoms with van der Waals surface area (Å²) in [4.78, 5) is 30.9. The molecule has 5 rings (SSSR count). The number of nitriles is 1. The molecule has 0 spiro atoms. The summed E-state index contributed by atoms with van der Waals surface area (Å²) in [5.41, 5.74) is 3.11. The van der Waals surface area contributed by atoms with Gasteiger partial charge in [0.15, 0.2) is 16.6 Å². The number of nitrogens with zero attached hydrogens (tertiary/aromatic N) is 2. The van der Waals surface area contributed by atoms with Crippen molar-refractivity contribution in [2.45, 2.75) is 12.8 Å². The Kier molecular flexibility index (Phi) is 8.24. The molecule has 0 bridgehead atoms. The van der Waals surface area contributed by atoms with Crippen LogP contribution in [-0.4, -0.2) is 34.8 Å². The molecule has 1 aliphatic heterocycles. The second-order valence-electron chi connectivity index (χ2n) is 9.03. The number of aromatic nitrogens is 1. The molecule has 4 N–H and O–H groups in total. The smallest absolute Gasteiger partial charge is 0.254 e. The van der Waals surface area contributed by atoms with Crippen molar-refractivity contribution in [1.82, 2.24) is 10.3 Å². The fraction of sp³-hybridized carbons (Fsp3) is 0.133. The standard InChI is InChI=1S/C30H25N5O4S2/c1-17-26(28(38)33-19-8-4-3-5-9-19)27(18-12-13-22(36)23(14-18)39-2)20(15-31)29(32-17)40-16-25(37)35-30-34-21-10-6-7-11-24(21)41-30/h3-14,27,32,36H,16H2,1-2H3,(H,33,38)(H,34,35,37)/t27-/m1/s1. The molecule has 206 valence electrons. The Morgan fingerprint density at radius 2 is 1.88 bits per heavy atom. The number of dihydropyridines is 1. The molecule has 1 aliphatic rings. The van der Waals surface area contributed by atoms with Gasteiger partial charge in [-0.1, -0.05) is 59.5 Å². The maximum absolute atomic E-state index is 13.6. The van der Waals surface area contributed by atoms with Crippen molar-refractivity contribution in [2.75, 3.05) is 23.5 Å². The predicted octanol–water partition coefficient (Wildman–Crippen LogP) is 5.72. The Labute approximate surface area is 244 Å². The summed E-state index contributed by atoms with van der Waals surface area (Å²) < 4.78 is 6.27. The van der Waals surface area contributed by atoms with Crippen LogP contribution in [0.15, 0.2) is 94.7 Å². The summed E-state index contributed by atoms with van der Waals surface area (Å²) in [6.45, 7) is 1.75. The van der Waals surface area contributed by atoms with Crippen LogP contribution < -0.4 is 20.7 Å². The first kappa shape index (κ1) is 27.8. The number of methoxy groups -OCH3 is 1. The number of carbonyl (C=O) groups excluding carboxylic acids is 2. The number of thiazole rings is 1. The SMILES string of the molecule is COc1cc([C@@H]2C(C#N)=C(SCC(=O)Nc3nc4ccccc4s3)NC(C)=C2C(=O)Nc2ccccc2)ccc1O. The minimum absolute atomic E-state index is 0.00782. The lowest BCUT2D eigenvalue weighted by atomic mass is 9.82. The number of ether oxygens (including phenoxy) is 1. The Balaban J connectivity index is 1.44. The third kappa shape index (κ3) is 6.04. The summed E-state index contributed by atoms with van der Waals surface area (Å²) in [6, 6.07) is 23.6. The van der Waals surface area contributed by atoms with Gasteiger partial charge in [0.1, 0.15) is 0 Å². The van der Waals surface area contributed by atoms with Crippen molar-refractivity contribution in [3.63, 3.8) is 0 Å². The molecule has 1 atom stereocenters. The lowest BCUT2D eigenvalue weighted by Crippen LogP contribution is -2.31. The summed E-state index contributed by atoms with van der Waals surface area (Å²) >= 11 is 2.54. The number of phenols is 1. The molecule has 0 aliphatic carbocycles.